The van der Waals surface area contributed by atoms with E-state index in [4.69, 9.17) is 29.8 Å². The lowest BCUT2D eigenvalue weighted by molar-refractivity contribution is -0.161. The van der Waals surface area contributed by atoms with Crippen molar-refractivity contribution in [2.24, 2.45) is 0 Å². The van der Waals surface area contributed by atoms with Crippen molar-refractivity contribution in [3.8, 4) is 12.1 Å². The van der Waals surface area contributed by atoms with E-state index in [1.54, 1.807) is 12.1 Å². The Bertz CT molecular complexity index is 1330. The van der Waals surface area contributed by atoms with Crippen LogP contribution in [-0.2, 0) is 38.1 Å². The summed E-state index contributed by atoms with van der Waals surface area (Å²) in [7, 11) is 0. The molecule has 2 N–H and O–H groups in total. The van der Waals surface area contributed by atoms with Gasteiger partial charge in [0.1, 0.15) is 12.1 Å². The SMILES string of the molecule is CCOC(=O)C1(C(=O)OCC)C(=N)C(C#N)=CN1c1ccc(N2C=C(C#N)C(=N)C2(C(=O)OCC)C(=O)OCC)cc1. The number of carbonyl (C=O) groups excluding carboxylic acids is 4. The fraction of sp³-hybridized carbons (Fsp3) is 0.357. The maximum absolute atomic E-state index is 13.3. The van der Waals surface area contributed by atoms with Gasteiger partial charge in [0, 0.05) is 23.8 Å². The molecule has 3 rings (SSSR count). The smallest absolute Gasteiger partial charge is 0.350 e. The van der Waals surface area contributed by atoms with Gasteiger partial charge in [0.25, 0.3) is 11.1 Å². The molecule has 0 aliphatic carbocycles. The van der Waals surface area contributed by atoms with E-state index in [9.17, 15) is 29.7 Å². The largest absolute Gasteiger partial charge is 0.463 e. The van der Waals surface area contributed by atoms with Crippen LogP contribution in [0.15, 0.2) is 47.8 Å². The molecule has 14 nitrogen and oxygen atoms in total. The van der Waals surface area contributed by atoms with Crippen LogP contribution >= 0.6 is 0 Å². The lowest BCUT2D eigenvalue weighted by Gasteiger charge is -2.36. The van der Waals surface area contributed by atoms with Gasteiger partial charge in [-0.2, -0.15) is 10.5 Å². The van der Waals surface area contributed by atoms with Crippen LogP contribution < -0.4 is 9.80 Å². The topological polar surface area (TPSA) is 207 Å². The third-order valence-corrected chi connectivity index (χ3v) is 6.43. The third kappa shape index (κ3) is 4.53. The Kier molecular flexibility index (Phi) is 9.12. The number of ether oxygens (including phenoxy) is 4. The Hall–Kier alpha value is -5.50. The zero-order chi connectivity index (χ0) is 31.2. The van der Waals surface area contributed by atoms with Gasteiger partial charge in [0.05, 0.1) is 49.0 Å². The fourth-order valence-corrected chi connectivity index (χ4v) is 4.60. The van der Waals surface area contributed by atoms with Gasteiger partial charge in [0.15, 0.2) is 0 Å². The summed E-state index contributed by atoms with van der Waals surface area (Å²) in [6, 6.07) is 9.14. The van der Waals surface area contributed by atoms with Crippen LogP contribution in [0.4, 0.5) is 11.4 Å². The predicted octanol–water partition coefficient (Wildman–Crippen LogP) is 1.91. The molecule has 0 unspecified atom stereocenters. The molecule has 14 heteroatoms. The van der Waals surface area contributed by atoms with Gasteiger partial charge in [-0.25, -0.2) is 19.2 Å². The Labute approximate surface area is 241 Å². The molecular formula is C28H28N6O8. The minimum absolute atomic E-state index is 0.125. The average Bonchev–Trinajstić information content (AvgIpc) is 3.45. The molecule has 0 spiro atoms. The number of nitrogens with zero attached hydrogens (tertiary/aromatic N) is 4. The van der Waals surface area contributed by atoms with Gasteiger partial charge in [-0.1, -0.05) is 0 Å². The molecule has 0 saturated carbocycles. The van der Waals surface area contributed by atoms with Crippen LogP contribution in [0, 0.1) is 33.5 Å². The summed E-state index contributed by atoms with van der Waals surface area (Å²) >= 11 is 0. The van der Waals surface area contributed by atoms with E-state index in [2.05, 4.69) is 0 Å². The van der Waals surface area contributed by atoms with Gasteiger partial charge >= 0.3 is 23.9 Å². The number of nitrogens with one attached hydrogen (secondary N) is 2. The van der Waals surface area contributed by atoms with E-state index in [0.717, 1.165) is 22.2 Å². The molecule has 0 saturated heterocycles. The lowest BCUT2D eigenvalue weighted by Crippen LogP contribution is -2.63. The molecule has 218 valence electrons. The molecule has 0 aromatic heterocycles. The first kappa shape index (κ1) is 31.0. The summed E-state index contributed by atoms with van der Waals surface area (Å²) in [5.74, 6) is -4.51. The highest BCUT2D eigenvalue weighted by molar-refractivity contribution is 6.37. The van der Waals surface area contributed by atoms with Crippen LogP contribution in [0.25, 0.3) is 0 Å². The summed E-state index contributed by atoms with van der Waals surface area (Å²) < 4.78 is 20.6. The van der Waals surface area contributed by atoms with Crippen molar-refractivity contribution in [1.82, 2.24) is 0 Å². The second-order valence-corrected chi connectivity index (χ2v) is 8.62. The van der Waals surface area contributed by atoms with Crippen LogP contribution in [-0.4, -0.2) is 72.8 Å². The van der Waals surface area contributed by atoms with Crippen molar-refractivity contribution < 1.29 is 38.1 Å². The van der Waals surface area contributed by atoms with Crippen molar-refractivity contribution in [3.05, 3.63) is 47.8 Å². The van der Waals surface area contributed by atoms with Crippen molar-refractivity contribution >= 4 is 46.7 Å². The van der Waals surface area contributed by atoms with E-state index < -0.39 is 46.4 Å². The molecule has 2 aliphatic rings. The second kappa shape index (κ2) is 12.3. The molecule has 0 atom stereocenters. The number of nitriles is 2. The Morgan fingerprint density at radius 3 is 1.12 bits per heavy atom. The molecule has 0 amide bonds. The first-order valence-electron chi connectivity index (χ1n) is 12.9. The van der Waals surface area contributed by atoms with E-state index >= 15 is 0 Å². The van der Waals surface area contributed by atoms with Crippen LogP contribution in [0.3, 0.4) is 0 Å². The average molecular weight is 577 g/mol. The Morgan fingerprint density at radius 2 is 0.905 bits per heavy atom. The van der Waals surface area contributed by atoms with E-state index in [0.29, 0.717) is 0 Å². The number of hydrogen-bond donors (Lipinski definition) is 2. The minimum atomic E-state index is -2.46. The summed E-state index contributed by atoms with van der Waals surface area (Å²) in [5, 5.41) is 36.4. The summed E-state index contributed by atoms with van der Waals surface area (Å²) in [4.78, 5) is 55.2. The number of hydrogen-bond acceptors (Lipinski definition) is 14. The Balaban J connectivity index is 2.21. The fourth-order valence-electron chi connectivity index (χ4n) is 4.60. The highest BCUT2D eigenvalue weighted by atomic mass is 16.6. The number of benzene rings is 1. The maximum atomic E-state index is 13.3. The minimum Gasteiger partial charge on any atom is -0.463 e. The van der Waals surface area contributed by atoms with E-state index in [1.807, 2.05) is 0 Å². The van der Waals surface area contributed by atoms with E-state index in [1.165, 1.54) is 52.0 Å². The summed E-state index contributed by atoms with van der Waals surface area (Å²) in [5.41, 5.74) is -6.48. The number of rotatable bonds is 10. The predicted molar refractivity (Wildman–Crippen MR) is 146 cm³/mol. The lowest BCUT2D eigenvalue weighted by atomic mass is 9.90. The third-order valence-electron chi connectivity index (χ3n) is 6.43. The van der Waals surface area contributed by atoms with E-state index in [-0.39, 0.29) is 48.9 Å². The van der Waals surface area contributed by atoms with Crippen molar-refractivity contribution in [3.63, 3.8) is 0 Å². The van der Waals surface area contributed by atoms with Gasteiger partial charge < -0.3 is 39.6 Å². The highest BCUT2D eigenvalue weighted by Crippen LogP contribution is 2.40. The van der Waals surface area contributed by atoms with Crippen LogP contribution in [0.2, 0.25) is 0 Å². The molecular weight excluding hydrogens is 548 g/mol. The monoisotopic (exact) mass is 576 g/mol. The number of esters is 4. The summed E-state index contributed by atoms with van der Waals surface area (Å²) in [6.45, 7) is 5.57. The molecule has 0 radical (unpaired) electrons. The normalized spacial score (nSPS) is 16.5. The summed E-state index contributed by atoms with van der Waals surface area (Å²) in [6.07, 6.45) is 2.29. The maximum Gasteiger partial charge on any atom is 0.350 e. The molecule has 1 aromatic carbocycles. The molecule has 42 heavy (non-hydrogen) atoms. The molecule has 2 aliphatic heterocycles. The van der Waals surface area contributed by atoms with Gasteiger partial charge in [-0.3, -0.25) is 0 Å². The zero-order valence-electron chi connectivity index (χ0n) is 23.3. The van der Waals surface area contributed by atoms with Crippen molar-refractivity contribution in [2.45, 2.75) is 38.8 Å². The van der Waals surface area contributed by atoms with Crippen molar-refractivity contribution in [2.75, 3.05) is 36.2 Å². The second-order valence-electron chi connectivity index (χ2n) is 8.62. The first-order valence-corrected chi connectivity index (χ1v) is 12.9. The van der Waals surface area contributed by atoms with Crippen LogP contribution in [0.1, 0.15) is 27.7 Å². The first-order chi connectivity index (χ1) is 20.1. The molecule has 2 heterocycles. The standard InChI is InChI=1S/C28H28N6O8/c1-5-39-23(35)27(24(36)40-6-2)21(31)17(13-29)15-33(27)19-9-11-20(12-10-19)34-16-18(14-30)22(32)28(34,25(37)41-7-3)26(38)42-8-4/h9-12,15-16,31-32H,5-8H2,1-4H3. The molecule has 0 bridgehead atoms. The van der Waals surface area contributed by atoms with Crippen molar-refractivity contribution in [1.29, 1.82) is 21.3 Å². The number of carbonyl (C=O) groups is 4. The van der Waals surface area contributed by atoms with Gasteiger partial charge in [-0.05, 0) is 52.0 Å². The van der Waals surface area contributed by atoms with Gasteiger partial charge in [-0.15, -0.1) is 0 Å². The molecule has 1 aromatic rings. The number of anilines is 2. The zero-order valence-corrected chi connectivity index (χ0v) is 23.3. The highest BCUT2D eigenvalue weighted by Gasteiger charge is 2.63. The molecule has 0 fully saturated rings. The quantitative estimate of drug-likeness (QED) is 0.233. The van der Waals surface area contributed by atoms with Crippen LogP contribution in [0.5, 0.6) is 0 Å². The Morgan fingerprint density at radius 1 is 0.643 bits per heavy atom. The van der Waals surface area contributed by atoms with Gasteiger partial charge in [0.2, 0.25) is 0 Å².